The zero-order valence-electron chi connectivity index (χ0n) is 18.1. The van der Waals surface area contributed by atoms with Crippen molar-refractivity contribution in [2.45, 2.75) is 32.9 Å². The molecule has 1 aromatic heterocycles. The molecule has 7 heteroatoms. The molecule has 2 heterocycles. The molecule has 2 aromatic carbocycles. The molecule has 0 N–H and O–H groups in total. The molecule has 1 amide bonds. The topological polar surface area (TPSA) is 72.3 Å². The molecule has 1 fully saturated rings. The van der Waals surface area contributed by atoms with Crippen LogP contribution in [0, 0.1) is 13.8 Å². The summed E-state index contributed by atoms with van der Waals surface area (Å²) >= 11 is 0. The number of benzene rings is 2. The number of hydrogen-bond acceptors (Lipinski definition) is 4. The quantitative estimate of drug-likeness (QED) is 0.609. The van der Waals surface area contributed by atoms with E-state index in [1.165, 1.54) is 5.56 Å². The average molecular weight is 438 g/mol. The Morgan fingerprint density at radius 1 is 1.10 bits per heavy atom. The molecule has 1 aliphatic heterocycles. The van der Waals surface area contributed by atoms with Crippen LogP contribution in [0.1, 0.15) is 39.6 Å². The van der Waals surface area contributed by atoms with Gasteiger partial charge in [0, 0.05) is 19.2 Å². The normalized spacial score (nSPS) is 17.6. The van der Waals surface area contributed by atoms with Crippen LogP contribution in [0.2, 0.25) is 0 Å². The SMILES string of the molecule is Cc1ccc(-c2cc(C(=O)N(C)Cc3ccccc3)nn2C2CCS(=O)(=O)C2)cc1C. The first kappa shape index (κ1) is 21.3. The summed E-state index contributed by atoms with van der Waals surface area (Å²) in [6, 6.07) is 17.4. The fourth-order valence-electron chi connectivity index (χ4n) is 3.99. The van der Waals surface area contributed by atoms with Crippen molar-refractivity contribution in [2.24, 2.45) is 0 Å². The minimum atomic E-state index is -3.08. The third-order valence-electron chi connectivity index (χ3n) is 5.92. The van der Waals surface area contributed by atoms with Crippen LogP contribution in [0.15, 0.2) is 54.6 Å². The van der Waals surface area contributed by atoms with Crippen molar-refractivity contribution in [1.29, 1.82) is 0 Å². The van der Waals surface area contributed by atoms with E-state index in [9.17, 15) is 13.2 Å². The predicted molar refractivity (Wildman–Crippen MR) is 122 cm³/mol. The smallest absolute Gasteiger partial charge is 0.274 e. The molecular formula is C24H27N3O3S. The molecule has 1 atom stereocenters. The molecule has 1 saturated heterocycles. The molecule has 3 aromatic rings. The minimum Gasteiger partial charge on any atom is -0.336 e. The van der Waals surface area contributed by atoms with Crippen molar-refractivity contribution in [2.75, 3.05) is 18.6 Å². The minimum absolute atomic E-state index is 0.0556. The van der Waals surface area contributed by atoms with Gasteiger partial charge in [-0.2, -0.15) is 5.10 Å². The monoisotopic (exact) mass is 437 g/mol. The first-order valence-electron chi connectivity index (χ1n) is 10.4. The summed E-state index contributed by atoms with van der Waals surface area (Å²) in [4.78, 5) is 14.8. The van der Waals surface area contributed by atoms with Crippen LogP contribution in [0.25, 0.3) is 11.3 Å². The van der Waals surface area contributed by atoms with Crippen LogP contribution in [0.4, 0.5) is 0 Å². The fourth-order valence-corrected chi connectivity index (χ4v) is 5.68. The molecule has 1 unspecified atom stereocenters. The Balaban J connectivity index is 1.70. The summed E-state index contributed by atoms with van der Waals surface area (Å²) < 4.78 is 25.9. The van der Waals surface area contributed by atoms with Gasteiger partial charge < -0.3 is 4.90 Å². The number of sulfone groups is 1. The van der Waals surface area contributed by atoms with Gasteiger partial charge in [-0.25, -0.2) is 8.42 Å². The number of aryl methyl sites for hydroxylation is 2. The summed E-state index contributed by atoms with van der Waals surface area (Å²) in [5.41, 5.74) is 5.40. The van der Waals surface area contributed by atoms with Crippen molar-refractivity contribution >= 4 is 15.7 Å². The highest BCUT2D eigenvalue weighted by atomic mass is 32.2. The van der Waals surface area contributed by atoms with Crippen molar-refractivity contribution in [3.63, 3.8) is 0 Å². The number of aromatic nitrogens is 2. The highest BCUT2D eigenvalue weighted by molar-refractivity contribution is 7.91. The van der Waals surface area contributed by atoms with Gasteiger partial charge in [-0.3, -0.25) is 9.48 Å². The van der Waals surface area contributed by atoms with Gasteiger partial charge in [0.1, 0.15) is 0 Å². The summed E-state index contributed by atoms with van der Waals surface area (Å²) in [6.07, 6.45) is 0.509. The van der Waals surface area contributed by atoms with Crippen LogP contribution in [-0.2, 0) is 16.4 Å². The third-order valence-corrected chi connectivity index (χ3v) is 7.67. The molecule has 4 rings (SSSR count). The van der Waals surface area contributed by atoms with Gasteiger partial charge in [-0.1, -0.05) is 42.5 Å². The van der Waals surface area contributed by atoms with E-state index in [4.69, 9.17) is 0 Å². The van der Waals surface area contributed by atoms with E-state index < -0.39 is 9.84 Å². The van der Waals surface area contributed by atoms with Gasteiger partial charge in [-0.15, -0.1) is 0 Å². The van der Waals surface area contributed by atoms with Crippen molar-refractivity contribution in [1.82, 2.24) is 14.7 Å². The number of amides is 1. The van der Waals surface area contributed by atoms with Gasteiger partial charge in [0.15, 0.2) is 15.5 Å². The molecule has 0 radical (unpaired) electrons. The van der Waals surface area contributed by atoms with Gasteiger partial charge in [0.05, 0.1) is 23.2 Å². The molecule has 162 valence electrons. The fraction of sp³-hybridized carbons (Fsp3) is 0.333. The number of hydrogen-bond donors (Lipinski definition) is 0. The predicted octanol–water partition coefficient (Wildman–Crippen LogP) is 3.80. The van der Waals surface area contributed by atoms with E-state index in [1.807, 2.05) is 56.3 Å². The van der Waals surface area contributed by atoms with Crippen molar-refractivity contribution < 1.29 is 13.2 Å². The summed E-state index contributed by atoms with van der Waals surface area (Å²) in [5, 5.41) is 4.61. The molecule has 6 nitrogen and oxygen atoms in total. The Morgan fingerprint density at radius 3 is 2.48 bits per heavy atom. The van der Waals surface area contributed by atoms with Crippen molar-refractivity contribution in [3.8, 4) is 11.3 Å². The Morgan fingerprint density at radius 2 is 1.84 bits per heavy atom. The molecule has 1 aliphatic rings. The molecule has 0 bridgehead atoms. The maximum Gasteiger partial charge on any atom is 0.274 e. The van der Waals surface area contributed by atoms with Crippen LogP contribution in [-0.4, -0.2) is 47.6 Å². The zero-order valence-corrected chi connectivity index (χ0v) is 18.9. The standard InChI is InChI=1S/C24H27N3O3S/c1-17-9-10-20(13-18(17)2)23-14-22(25-27(23)21-11-12-31(29,30)16-21)24(28)26(3)15-19-7-5-4-6-8-19/h4-10,13-14,21H,11-12,15-16H2,1-3H3. The number of carbonyl (C=O) groups is 1. The number of rotatable bonds is 5. The lowest BCUT2D eigenvalue weighted by Gasteiger charge is -2.16. The van der Waals surface area contributed by atoms with Crippen LogP contribution >= 0.6 is 0 Å². The molecule has 31 heavy (non-hydrogen) atoms. The lowest BCUT2D eigenvalue weighted by Crippen LogP contribution is -2.27. The highest BCUT2D eigenvalue weighted by Gasteiger charge is 2.32. The van der Waals surface area contributed by atoms with Gasteiger partial charge in [0.2, 0.25) is 0 Å². The zero-order chi connectivity index (χ0) is 22.2. The third kappa shape index (κ3) is 4.56. The average Bonchev–Trinajstić information content (AvgIpc) is 3.33. The Hall–Kier alpha value is -2.93. The van der Waals surface area contributed by atoms with Crippen LogP contribution < -0.4 is 0 Å². The summed E-state index contributed by atoms with van der Waals surface area (Å²) in [7, 11) is -1.33. The molecule has 0 spiro atoms. The van der Waals surface area contributed by atoms with E-state index in [0.29, 0.717) is 18.7 Å². The van der Waals surface area contributed by atoms with Crippen molar-refractivity contribution in [3.05, 3.63) is 77.0 Å². The second-order valence-corrected chi connectivity index (χ2v) is 10.6. The maximum absolute atomic E-state index is 13.1. The summed E-state index contributed by atoms with van der Waals surface area (Å²) in [6.45, 7) is 4.57. The first-order chi connectivity index (χ1) is 14.7. The number of nitrogens with zero attached hydrogens (tertiary/aromatic N) is 3. The number of carbonyl (C=O) groups excluding carboxylic acids is 1. The van der Waals surface area contributed by atoms with Gasteiger partial charge in [0.25, 0.3) is 5.91 Å². The second kappa shape index (κ2) is 8.30. The maximum atomic E-state index is 13.1. The van der Waals surface area contributed by atoms with Crippen LogP contribution in [0.3, 0.4) is 0 Å². The van der Waals surface area contributed by atoms with Gasteiger partial charge in [-0.05, 0) is 49.1 Å². The van der Waals surface area contributed by atoms with Gasteiger partial charge >= 0.3 is 0 Å². The Labute approximate surface area is 183 Å². The first-order valence-corrected chi connectivity index (χ1v) is 12.2. The largest absolute Gasteiger partial charge is 0.336 e. The Bertz CT molecular complexity index is 1220. The molecule has 0 aliphatic carbocycles. The van der Waals surface area contributed by atoms with E-state index >= 15 is 0 Å². The van der Waals surface area contributed by atoms with E-state index in [0.717, 1.165) is 22.4 Å². The summed E-state index contributed by atoms with van der Waals surface area (Å²) in [5.74, 6) is 0.0229. The Kier molecular flexibility index (Phi) is 5.71. The van der Waals surface area contributed by atoms with E-state index in [1.54, 1.807) is 22.7 Å². The molecular weight excluding hydrogens is 410 g/mol. The highest BCUT2D eigenvalue weighted by Crippen LogP contribution is 2.31. The second-order valence-electron chi connectivity index (χ2n) is 8.36. The molecule has 0 saturated carbocycles. The van der Waals surface area contributed by atoms with Crippen LogP contribution in [0.5, 0.6) is 0 Å². The lowest BCUT2D eigenvalue weighted by atomic mass is 10.0. The van der Waals surface area contributed by atoms with E-state index in [2.05, 4.69) is 11.2 Å². The lowest BCUT2D eigenvalue weighted by molar-refractivity contribution is 0.0778. The van der Waals surface area contributed by atoms with E-state index in [-0.39, 0.29) is 23.5 Å².